The molecule has 0 spiro atoms. The Morgan fingerprint density at radius 1 is 0.627 bits per heavy atom. The van der Waals surface area contributed by atoms with Gasteiger partial charge in [0, 0.05) is 18.8 Å². The number of rotatable bonds is 34. The molecule has 0 aromatic heterocycles. The Kier molecular flexibility index (Phi) is 30.8. The molecular formula is C42H78O9. The molecule has 0 aliphatic carbocycles. The van der Waals surface area contributed by atoms with E-state index in [4.69, 9.17) is 18.9 Å². The highest BCUT2D eigenvalue weighted by molar-refractivity contribution is 5.70. The van der Waals surface area contributed by atoms with E-state index in [1.165, 1.54) is 96.3 Å². The molecule has 6 unspecified atom stereocenters. The van der Waals surface area contributed by atoms with Crippen LogP contribution in [0, 0.1) is 5.92 Å². The Morgan fingerprint density at radius 2 is 1.08 bits per heavy atom. The average Bonchev–Trinajstić information content (AvgIpc) is 3.13. The van der Waals surface area contributed by atoms with Crippen LogP contribution in [0.25, 0.3) is 0 Å². The Hall–Kier alpha value is -1.52. The molecule has 1 aliphatic rings. The second-order valence-corrected chi connectivity index (χ2v) is 14.8. The molecule has 300 valence electrons. The third-order valence-electron chi connectivity index (χ3n) is 10.0. The Morgan fingerprint density at radius 3 is 1.59 bits per heavy atom. The van der Waals surface area contributed by atoms with Crippen molar-refractivity contribution in [2.24, 2.45) is 5.92 Å². The maximum absolute atomic E-state index is 12.7. The van der Waals surface area contributed by atoms with Crippen LogP contribution in [0.15, 0.2) is 12.2 Å². The molecule has 1 fully saturated rings. The van der Waals surface area contributed by atoms with E-state index >= 15 is 0 Å². The summed E-state index contributed by atoms with van der Waals surface area (Å²) in [5, 5.41) is 30.5. The molecule has 0 amide bonds. The third-order valence-corrected chi connectivity index (χ3v) is 10.0. The molecule has 3 N–H and O–H groups in total. The number of ether oxygens (including phenoxy) is 4. The number of aliphatic hydroxyl groups excluding tert-OH is 3. The van der Waals surface area contributed by atoms with Gasteiger partial charge in [0.25, 0.3) is 0 Å². The van der Waals surface area contributed by atoms with Gasteiger partial charge in [-0.25, -0.2) is 0 Å². The van der Waals surface area contributed by atoms with Crippen LogP contribution >= 0.6 is 0 Å². The summed E-state index contributed by atoms with van der Waals surface area (Å²) in [6, 6.07) is 0. The standard InChI is InChI=1S/C42H78O9/c1-4-6-8-10-12-14-16-18-20-22-24-26-28-30-38(44)48-33-36(34-49-42-41(47)40(46)35(3)37(32-43)51-42)50-39(45)31-29-27-25-23-21-19-17-15-13-11-9-7-5-2/h15,17,35-37,40-43,46-47H,4-14,16,18-34H2,1-3H3/b17-15-. The quantitative estimate of drug-likeness (QED) is 0.0337. The first-order chi connectivity index (χ1) is 24.8. The number of carbonyl (C=O) groups excluding carboxylic acids is 2. The summed E-state index contributed by atoms with van der Waals surface area (Å²) in [7, 11) is 0. The Bertz CT molecular complexity index is 848. The third kappa shape index (κ3) is 25.2. The Labute approximate surface area is 311 Å². The van der Waals surface area contributed by atoms with E-state index in [2.05, 4.69) is 26.0 Å². The molecule has 1 heterocycles. The summed E-state index contributed by atoms with van der Waals surface area (Å²) in [6.45, 7) is 5.47. The van der Waals surface area contributed by atoms with E-state index in [1.54, 1.807) is 6.92 Å². The van der Waals surface area contributed by atoms with Crippen LogP contribution in [-0.2, 0) is 28.5 Å². The second kappa shape index (κ2) is 33.1. The smallest absolute Gasteiger partial charge is 0.306 e. The number of carbonyl (C=O) groups is 2. The van der Waals surface area contributed by atoms with E-state index in [0.29, 0.717) is 12.8 Å². The van der Waals surface area contributed by atoms with Gasteiger partial charge in [-0.05, 0) is 38.5 Å². The van der Waals surface area contributed by atoms with Crippen molar-refractivity contribution < 1.29 is 43.9 Å². The molecule has 0 saturated carbocycles. The summed E-state index contributed by atoms with van der Waals surface area (Å²) in [4.78, 5) is 25.3. The lowest BCUT2D eigenvalue weighted by atomic mass is 9.91. The molecule has 0 bridgehead atoms. The van der Waals surface area contributed by atoms with Gasteiger partial charge in [0.05, 0.1) is 25.4 Å². The highest BCUT2D eigenvalue weighted by Gasteiger charge is 2.42. The number of aliphatic hydroxyl groups is 3. The normalized spacial score (nSPS) is 21.3. The van der Waals surface area contributed by atoms with Crippen LogP contribution in [0.1, 0.15) is 188 Å². The predicted molar refractivity (Wildman–Crippen MR) is 204 cm³/mol. The van der Waals surface area contributed by atoms with Crippen LogP contribution in [0.5, 0.6) is 0 Å². The fraction of sp³-hybridized carbons (Fsp3) is 0.905. The van der Waals surface area contributed by atoms with Crippen molar-refractivity contribution in [2.45, 2.75) is 218 Å². The summed E-state index contributed by atoms with van der Waals surface area (Å²) in [6.07, 6.45) is 28.3. The first kappa shape index (κ1) is 47.5. The van der Waals surface area contributed by atoms with Crippen molar-refractivity contribution in [3.63, 3.8) is 0 Å². The van der Waals surface area contributed by atoms with Gasteiger partial charge in [-0.1, -0.05) is 148 Å². The van der Waals surface area contributed by atoms with Crippen molar-refractivity contribution in [3.8, 4) is 0 Å². The molecule has 1 saturated heterocycles. The number of hydrogen-bond acceptors (Lipinski definition) is 9. The zero-order chi connectivity index (χ0) is 37.4. The minimum Gasteiger partial charge on any atom is -0.462 e. The fourth-order valence-electron chi connectivity index (χ4n) is 6.51. The molecule has 0 aromatic rings. The van der Waals surface area contributed by atoms with Gasteiger partial charge in [-0.2, -0.15) is 0 Å². The van der Waals surface area contributed by atoms with E-state index in [1.807, 2.05) is 0 Å². The molecule has 9 nitrogen and oxygen atoms in total. The average molecular weight is 727 g/mol. The van der Waals surface area contributed by atoms with Gasteiger partial charge in [0.15, 0.2) is 12.4 Å². The summed E-state index contributed by atoms with van der Waals surface area (Å²) < 4.78 is 22.5. The molecule has 0 aromatic carbocycles. The first-order valence-corrected chi connectivity index (χ1v) is 21.1. The molecule has 51 heavy (non-hydrogen) atoms. The van der Waals surface area contributed by atoms with Crippen molar-refractivity contribution in [2.75, 3.05) is 19.8 Å². The van der Waals surface area contributed by atoms with Crippen LogP contribution in [0.3, 0.4) is 0 Å². The molecule has 1 aliphatic heterocycles. The minimum absolute atomic E-state index is 0.166. The summed E-state index contributed by atoms with van der Waals surface area (Å²) >= 11 is 0. The number of allylic oxidation sites excluding steroid dienone is 2. The van der Waals surface area contributed by atoms with Crippen LogP contribution in [0.4, 0.5) is 0 Å². The predicted octanol–water partition coefficient (Wildman–Crippen LogP) is 9.27. The monoisotopic (exact) mass is 727 g/mol. The zero-order valence-corrected chi connectivity index (χ0v) is 32.9. The minimum atomic E-state index is -1.33. The lowest BCUT2D eigenvalue weighted by Gasteiger charge is -2.40. The van der Waals surface area contributed by atoms with E-state index in [-0.39, 0.29) is 32.2 Å². The zero-order valence-electron chi connectivity index (χ0n) is 32.9. The lowest BCUT2D eigenvalue weighted by Crippen LogP contribution is -2.55. The molecule has 1 rings (SSSR count). The van der Waals surface area contributed by atoms with Crippen LogP contribution in [0.2, 0.25) is 0 Å². The van der Waals surface area contributed by atoms with E-state index in [0.717, 1.165) is 51.4 Å². The van der Waals surface area contributed by atoms with Gasteiger partial charge in [-0.3, -0.25) is 9.59 Å². The van der Waals surface area contributed by atoms with Gasteiger partial charge in [0.2, 0.25) is 0 Å². The highest BCUT2D eigenvalue weighted by Crippen LogP contribution is 2.27. The van der Waals surface area contributed by atoms with Gasteiger partial charge >= 0.3 is 11.9 Å². The molecule has 0 radical (unpaired) electrons. The van der Waals surface area contributed by atoms with Gasteiger partial charge in [-0.15, -0.1) is 0 Å². The summed E-state index contributed by atoms with van der Waals surface area (Å²) in [5.41, 5.74) is 0. The topological polar surface area (TPSA) is 132 Å². The van der Waals surface area contributed by atoms with Gasteiger partial charge in [0.1, 0.15) is 12.7 Å². The largest absolute Gasteiger partial charge is 0.462 e. The molecule has 6 atom stereocenters. The van der Waals surface area contributed by atoms with Crippen molar-refractivity contribution >= 4 is 11.9 Å². The Balaban J connectivity index is 2.37. The molecule has 9 heteroatoms. The first-order valence-electron chi connectivity index (χ1n) is 21.1. The van der Waals surface area contributed by atoms with E-state index in [9.17, 15) is 24.9 Å². The van der Waals surface area contributed by atoms with Crippen LogP contribution < -0.4 is 0 Å². The lowest BCUT2D eigenvalue weighted by molar-refractivity contribution is -0.293. The van der Waals surface area contributed by atoms with Crippen molar-refractivity contribution in [1.29, 1.82) is 0 Å². The number of esters is 2. The number of hydrogen-bond donors (Lipinski definition) is 3. The van der Waals surface area contributed by atoms with Crippen molar-refractivity contribution in [1.82, 2.24) is 0 Å². The summed E-state index contributed by atoms with van der Waals surface area (Å²) in [5.74, 6) is -1.22. The van der Waals surface area contributed by atoms with Crippen molar-refractivity contribution in [3.05, 3.63) is 12.2 Å². The number of unbranched alkanes of at least 4 members (excludes halogenated alkanes) is 21. The van der Waals surface area contributed by atoms with Crippen LogP contribution in [-0.4, -0.2) is 77.8 Å². The highest BCUT2D eigenvalue weighted by atomic mass is 16.7. The maximum Gasteiger partial charge on any atom is 0.306 e. The van der Waals surface area contributed by atoms with E-state index < -0.39 is 42.6 Å². The SMILES string of the molecule is CCCCCC/C=C\CCCCCCCC(=O)OC(COC(=O)CCCCCCCCCCCCCCC)COC1OC(CO)C(C)C(O)C1O. The molecular weight excluding hydrogens is 648 g/mol. The maximum atomic E-state index is 12.7. The van der Waals surface area contributed by atoms with Gasteiger partial charge < -0.3 is 34.3 Å². The second-order valence-electron chi connectivity index (χ2n) is 14.8. The fourth-order valence-corrected chi connectivity index (χ4v) is 6.51.